The third kappa shape index (κ3) is 10.2. The van der Waals surface area contributed by atoms with Gasteiger partial charge in [0.05, 0.1) is 22.8 Å². The third-order valence-corrected chi connectivity index (χ3v) is 4.88. The van der Waals surface area contributed by atoms with E-state index in [1.54, 1.807) is 67.6 Å². The van der Waals surface area contributed by atoms with Gasteiger partial charge in [-0.15, -0.1) is 0 Å². The summed E-state index contributed by atoms with van der Waals surface area (Å²) in [5.41, 5.74) is -0.0560. The van der Waals surface area contributed by atoms with Gasteiger partial charge >= 0.3 is 11.9 Å². The summed E-state index contributed by atoms with van der Waals surface area (Å²) in [6.07, 6.45) is 1.87. The highest BCUT2D eigenvalue weighted by Gasteiger charge is 2.33. The van der Waals surface area contributed by atoms with Crippen LogP contribution in [0.15, 0.2) is 60.7 Å². The Balaban J connectivity index is 0.000000426. The average molecular weight is 419 g/mol. The lowest BCUT2D eigenvalue weighted by molar-refractivity contribution is -0.0638. The zero-order chi connectivity index (χ0) is 23.2. The van der Waals surface area contributed by atoms with E-state index in [9.17, 15) is 19.8 Å². The van der Waals surface area contributed by atoms with Gasteiger partial charge in [-0.3, -0.25) is 0 Å². The fraction of sp³-hybridized carbons (Fsp3) is 0.417. The van der Waals surface area contributed by atoms with Gasteiger partial charge in [-0.1, -0.05) is 57.2 Å². The van der Waals surface area contributed by atoms with Crippen molar-refractivity contribution in [3.8, 4) is 0 Å². The van der Waals surface area contributed by atoms with Crippen LogP contribution in [0.4, 0.5) is 0 Å². The van der Waals surface area contributed by atoms with E-state index in [2.05, 4.69) is 0 Å². The zero-order valence-electron chi connectivity index (χ0n) is 18.2. The first-order chi connectivity index (χ1) is 14.1. The number of benzene rings is 2. The Morgan fingerprint density at radius 1 is 0.800 bits per heavy atom. The summed E-state index contributed by atoms with van der Waals surface area (Å²) in [6.45, 7) is 7.71. The second-order valence-corrected chi connectivity index (χ2v) is 7.04. The summed E-state index contributed by atoms with van der Waals surface area (Å²) in [5.74, 6) is -1.75. The van der Waals surface area contributed by atoms with Crippen LogP contribution in [0.3, 0.4) is 0 Å². The van der Waals surface area contributed by atoms with Crippen molar-refractivity contribution < 1.29 is 30.0 Å². The molecule has 2 aromatic rings. The van der Waals surface area contributed by atoms with Gasteiger partial charge in [0, 0.05) is 5.92 Å². The molecule has 0 saturated heterocycles. The highest BCUT2D eigenvalue weighted by atomic mass is 16.4. The van der Waals surface area contributed by atoms with Crippen LogP contribution in [0.2, 0.25) is 0 Å². The molecule has 6 heteroatoms. The molecule has 0 heterocycles. The van der Waals surface area contributed by atoms with Crippen molar-refractivity contribution >= 4 is 11.9 Å². The van der Waals surface area contributed by atoms with Gasteiger partial charge in [0.1, 0.15) is 0 Å². The molecule has 4 N–H and O–H groups in total. The molecule has 0 aliphatic carbocycles. The summed E-state index contributed by atoms with van der Waals surface area (Å²) in [6, 6.07) is 16.6. The number of aromatic carboxylic acids is 2. The van der Waals surface area contributed by atoms with Crippen molar-refractivity contribution in [3.05, 3.63) is 71.8 Å². The molecule has 0 aromatic heterocycles. The van der Waals surface area contributed by atoms with E-state index in [0.717, 1.165) is 6.42 Å². The molecule has 166 valence electrons. The monoisotopic (exact) mass is 418 g/mol. The standard InChI is InChI=1S/C10H22O2.2C7H6O2/c1-5-8(9(11)6-2)10(4,12)7-3;2*8-7(9)6-4-2-1-3-5-6/h8-9,11-12H,5-7H2,1-4H3;2*1-5H,(H,8,9). The Kier molecular flexibility index (Phi) is 13.0. The molecule has 0 saturated carbocycles. The van der Waals surface area contributed by atoms with Crippen LogP contribution in [0.5, 0.6) is 0 Å². The van der Waals surface area contributed by atoms with Crippen LogP contribution < -0.4 is 0 Å². The maximum Gasteiger partial charge on any atom is 0.335 e. The van der Waals surface area contributed by atoms with Crippen molar-refractivity contribution in [2.45, 2.75) is 58.7 Å². The molecule has 0 aliphatic heterocycles. The highest BCUT2D eigenvalue weighted by molar-refractivity contribution is 5.87. The normalized spacial score (nSPS) is 13.9. The zero-order valence-corrected chi connectivity index (χ0v) is 18.2. The Hall–Kier alpha value is -2.70. The van der Waals surface area contributed by atoms with Gasteiger partial charge in [0.2, 0.25) is 0 Å². The van der Waals surface area contributed by atoms with Gasteiger partial charge < -0.3 is 20.4 Å². The van der Waals surface area contributed by atoms with E-state index < -0.39 is 17.5 Å². The largest absolute Gasteiger partial charge is 0.478 e. The Morgan fingerprint density at radius 2 is 1.17 bits per heavy atom. The Morgan fingerprint density at radius 3 is 1.37 bits per heavy atom. The van der Waals surface area contributed by atoms with Gasteiger partial charge in [0.15, 0.2) is 0 Å². The van der Waals surface area contributed by atoms with Gasteiger partial charge in [0.25, 0.3) is 0 Å². The van der Waals surface area contributed by atoms with Crippen molar-refractivity contribution in [3.63, 3.8) is 0 Å². The van der Waals surface area contributed by atoms with E-state index in [4.69, 9.17) is 10.2 Å². The molecule has 3 atom stereocenters. The summed E-state index contributed by atoms with van der Waals surface area (Å²) >= 11 is 0. The second-order valence-electron chi connectivity index (χ2n) is 7.04. The van der Waals surface area contributed by atoms with E-state index in [-0.39, 0.29) is 12.0 Å². The number of aliphatic hydroxyl groups is 2. The van der Waals surface area contributed by atoms with Crippen molar-refractivity contribution in [1.82, 2.24) is 0 Å². The Bertz CT molecular complexity index is 678. The van der Waals surface area contributed by atoms with Crippen LogP contribution in [0.25, 0.3) is 0 Å². The minimum atomic E-state index is -0.879. The number of hydrogen-bond donors (Lipinski definition) is 4. The average Bonchev–Trinajstić information content (AvgIpc) is 2.76. The molecule has 0 amide bonds. The molecule has 3 unspecified atom stereocenters. The molecule has 0 bridgehead atoms. The molecule has 2 aromatic carbocycles. The molecule has 0 aliphatic rings. The highest BCUT2D eigenvalue weighted by Crippen LogP contribution is 2.28. The van der Waals surface area contributed by atoms with Gasteiger partial charge in [-0.05, 0) is 50.5 Å². The summed E-state index contributed by atoms with van der Waals surface area (Å²) in [4.78, 5) is 20.4. The summed E-state index contributed by atoms with van der Waals surface area (Å²) in [7, 11) is 0. The minimum Gasteiger partial charge on any atom is -0.478 e. The first kappa shape index (κ1) is 27.3. The topological polar surface area (TPSA) is 115 Å². The number of rotatable bonds is 7. The number of carbonyl (C=O) groups is 2. The third-order valence-electron chi connectivity index (χ3n) is 4.88. The predicted molar refractivity (Wildman–Crippen MR) is 118 cm³/mol. The smallest absolute Gasteiger partial charge is 0.335 e. The first-order valence-electron chi connectivity index (χ1n) is 10.1. The van der Waals surface area contributed by atoms with E-state index in [1.807, 2.05) is 20.8 Å². The maximum absolute atomic E-state index is 10.2. The fourth-order valence-corrected chi connectivity index (χ4v) is 2.83. The summed E-state index contributed by atoms with van der Waals surface area (Å²) < 4.78 is 0. The predicted octanol–water partition coefficient (Wildman–Crippen LogP) is 4.71. The van der Waals surface area contributed by atoms with Gasteiger partial charge in [-0.2, -0.15) is 0 Å². The van der Waals surface area contributed by atoms with Crippen molar-refractivity contribution in [2.24, 2.45) is 5.92 Å². The number of carboxylic acid groups (broad SMARTS) is 2. The first-order valence-corrected chi connectivity index (χ1v) is 10.1. The molecular weight excluding hydrogens is 384 g/mol. The molecule has 0 radical (unpaired) electrons. The van der Waals surface area contributed by atoms with Crippen molar-refractivity contribution in [2.75, 3.05) is 0 Å². The SMILES string of the molecule is CCC(O)C(CC)C(C)(O)CC.O=C(O)c1ccccc1.O=C(O)c1ccccc1. The van der Waals surface area contributed by atoms with E-state index >= 15 is 0 Å². The van der Waals surface area contributed by atoms with Crippen LogP contribution in [-0.2, 0) is 0 Å². The van der Waals surface area contributed by atoms with Gasteiger partial charge in [-0.25, -0.2) is 9.59 Å². The van der Waals surface area contributed by atoms with Crippen LogP contribution in [-0.4, -0.2) is 44.1 Å². The number of aliphatic hydroxyl groups excluding tert-OH is 1. The molecule has 30 heavy (non-hydrogen) atoms. The quantitative estimate of drug-likeness (QED) is 0.517. The molecular formula is C24H34O6. The maximum atomic E-state index is 10.2. The summed E-state index contributed by atoms with van der Waals surface area (Å²) in [5, 5.41) is 36.3. The number of carboxylic acids is 2. The lowest BCUT2D eigenvalue weighted by atomic mass is 9.80. The van der Waals surface area contributed by atoms with Crippen LogP contribution >= 0.6 is 0 Å². The lowest BCUT2D eigenvalue weighted by Gasteiger charge is -2.34. The molecule has 0 fully saturated rings. The Labute approximate surface area is 178 Å². The van der Waals surface area contributed by atoms with E-state index in [1.165, 1.54) is 0 Å². The minimum absolute atomic E-state index is 0.00694. The lowest BCUT2D eigenvalue weighted by Crippen LogP contribution is -2.40. The number of hydrogen-bond acceptors (Lipinski definition) is 4. The van der Waals surface area contributed by atoms with E-state index in [0.29, 0.717) is 24.0 Å². The fourth-order valence-electron chi connectivity index (χ4n) is 2.83. The molecule has 0 spiro atoms. The van der Waals surface area contributed by atoms with Crippen molar-refractivity contribution in [1.29, 1.82) is 0 Å². The van der Waals surface area contributed by atoms with Crippen LogP contribution in [0, 0.1) is 5.92 Å². The molecule has 6 nitrogen and oxygen atoms in total. The molecule has 2 rings (SSSR count). The van der Waals surface area contributed by atoms with Crippen LogP contribution in [0.1, 0.15) is 67.7 Å². The second kappa shape index (κ2) is 14.3.